The first-order valence-electron chi connectivity index (χ1n) is 11.8. The van der Waals surface area contributed by atoms with Crippen LogP contribution in [0.25, 0.3) is 5.69 Å². The van der Waals surface area contributed by atoms with Gasteiger partial charge in [0.25, 0.3) is 0 Å². The molecule has 3 aromatic rings. The number of benzene rings is 2. The number of amides is 2. The van der Waals surface area contributed by atoms with E-state index in [1.54, 1.807) is 19.1 Å². The van der Waals surface area contributed by atoms with Crippen LogP contribution in [0.15, 0.2) is 67.3 Å². The maximum Gasteiger partial charge on any atom is 0.322 e. The normalized spacial score (nSPS) is 13.2. The summed E-state index contributed by atoms with van der Waals surface area (Å²) in [6, 6.07) is 17.2. The lowest BCUT2D eigenvalue weighted by Crippen LogP contribution is -2.37. The first kappa shape index (κ1) is 24.5. The van der Waals surface area contributed by atoms with Crippen LogP contribution in [-0.4, -0.2) is 66.1 Å². The largest absolute Gasteiger partial charge is 0.494 e. The summed E-state index contributed by atoms with van der Waals surface area (Å²) in [5, 5.41) is 8.01. The van der Waals surface area contributed by atoms with Crippen molar-refractivity contribution in [3.05, 3.63) is 84.2 Å². The molecule has 0 aliphatic carbocycles. The topological polar surface area (TPSA) is 71.9 Å². The van der Waals surface area contributed by atoms with Gasteiger partial charge in [0.2, 0.25) is 0 Å². The van der Waals surface area contributed by atoms with E-state index in [4.69, 9.17) is 14.6 Å². The molecule has 8 nitrogen and oxygen atoms in total. The van der Waals surface area contributed by atoms with Gasteiger partial charge in [0, 0.05) is 51.0 Å². The van der Waals surface area contributed by atoms with Gasteiger partial charge in [-0.2, -0.15) is 5.10 Å². The summed E-state index contributed by atoms with van der Waals surface area (Å²) in [5.41, 5.74) is 4.82. The van der Waals surface area contributed by atoms with Crippen molar-refractivity contribution in [2.24, 2.45) is 0 Å². The Morgan fingerprint density at radius 2 is 1.94 bits per heavy atom. The Hall–Kier alpha value is -3.62. The van der Waals surface area contributed by atoms with Gasteiger partial charge in [-0.05, 0) is 24.3 Å². The molecule has 0 saturated carbocycles. The smallest absolute Gasteiger partial charge is 0.322 e. The van der Waals surface area contributed by atoms with Gasteiger partial charge in [0.1, 0.15) is 11.4 Å². The number of hydrogen-bond acceptors (Lipinski definition) is 5. The van der Waals surface area contributed by atoms with Gasteiger partial charge < -0.3 is 19.7 Å². The van der Waals surface area contributed by atoms with Crippen molar-refractivity contribution in [2.75, 3.05) is 45.8 Å². The van der Waals surface area contributed by atoms with Crippen molar-refractivity contribution >= 4 is 11.7 Å². The molecule has 0 radical (unpaired) electrons. The minimum Gasteiger partial charge on any atom is -0.494 e. The molecule has 2 aromatic carbocycles. The molecule has 0 saturated heterocycles. The Balaban J connectivity index is 1.69. The number of nitrogens with zero attached hydrogens (tertiary/aromatic N) is 4. The fourth-order valence-corrected chi connectivity index (χ4v) is 4.37. The number of para-hydroxylation sites is 3. The molecule has 0 atom stereocenters. The van der Waals surface area contributed by atoms with E-state index in [-0.39, 0.29) is 6.03 Å². The zero-order valence-electron chi connectivity index (χ0n) is 20.4. The fourth-order valence-electron chi connectivity index (χ4n) is 4.37. The Kier molecular flexibility index (Phi) is 8.18. The standard InChI is InChI=1S/C27H33N5O3/c1-4-15-30-16-14-24-22(19-30)23(29-32(24)25-12-8-9-13-26(25)35-3)20-31(17-18-34-2)27(33)28-21-10-6-5-7-11-21/h4-13H,1,14-20H2,2-3H3,(H,28,33). The Morgan fingerprint density at radius 3 is 2.69 bits per heavy atom. The molecule has 2 amide bonds. The molecule has 184 valence electrons. The average molecular weight is 476 g/mol. The Labute approximate surface area is 206 Å². The number of carbonyl (C=O) groups is 1. The third-order valence-corrected chi connectivity index (χ3v) is 6.14. The number of carbonyl (C=O) groups excluding carboxylic acids is 1. The highest BCUT2D eigenvalue weighted by atomic mass is 16.5. The van der Waals surface area contributed by atoms with E-state index in [0.717, 1.165) is 60.1 Å². The number of aromatic nitrogens is 2. The second-order valence-electron chi connectivity index (χ2n) is 8.44. The van der Waals surface area contributed by atoms with E-state index in [0.29, 0.717) is 19.7 Å². The van der Waals surface area contributed by atoms with Crippen molar-refractivity contribution < 1.29 is 14.3 Å². The van der Waals surface area contributed by atoms with E-state index < -0.39 is 0 Å². The quantitative estimate of drug-likeness (QED) is 0.447. The van der Waals surface area contributed by atoms with E-state index in [1.165, 1.54) is 0 Å². The number of anilines is 1. The van der Waals surface area contributed by atoms with Crippen molar-refractivity contribution in [2.45, 2.75) is 19.5 Å². The van der Waals surface area contributed by atoms with Crippen molar-refractivity contribution in [3.63, 3.8) is 0 Å². The highest BCUT2D eigenvalue weighted by Gasteiger charge is 2.28. The van der Waals surface area contributed by atoms with Crippen LogP contribution in [0.4, 0.5) is 10.5 Å². The summed E-state index contributed by atoms with van der Waals surface area (Å²) < 4.78 is 12.9. The maximum atomic E-state index is 13.2. The molecule has 0 spiro atoms. The van der Waals surface area contributed by atoms with Gasteiger partial charge in [-0.1, -0.05) is 36.4 Å². The summed E-state index contributed by atoms with van der Waals surface area (Å²) in [7, 11) is 3.31. The molecule has 8 heteroatoms. The van der Waals surface area contributed by atoms with Crippen LogP contribution in [0.2, 0.25) is 0 Å². The van der Waals surface area contributed by atoms with Gasteiger partial charge in [0.05, 0.1) is 31.6 Å². The van der Waals surface area contributed by atoms with Crippen LogP contribution in [-0.2, 0) is 24.2 Å². The minimum atomic E-state index is -0.187. The molecule has 0 fully saturated rings. The summed E-state index contributed by atoms with van der Waals surface area (Å²) in [6.07, 6.45) is 2.77. The van der Waals surface area contributed by atoms with E-state index in [9.17, 15) is 4.79 Å². The highest BCUT2D eigenvalue weighted by Crippen LogP contribution is 2.30. The van der Waals surface area contributed by atoms with Crippen LogP contribution >= 0.6 is 0 Å². The Bertz CT molecular complexity index is 1140. The number of urea groups is 1. The summed E-state index contributed by atoms with van der Waals surface area (Å²) in [4.78, 5) is 17.3. The van der Waals surface area contributed by atoms with Crippen LogP contribution in [0.3, 0.4) is 0 Å². The van der Waals surface area contributed by atoms with Crippen LogP contribution in [0.1, 0.15) is 17.0 Å². The lowest BCUT2D eigenvalue weighted by atomic mass is 10.0. The Morgan fingerprint density at radius 1 is 1.17 bits per heavy atom. The first-order chi connectivity index (χ1) is 17.1. The molecule has 2 heterocycles. The number of rotatable bonds is 10. The monoisotopic (exact) mass is 475 g/mol. The van der Waals surface area contributed by atoms with Crippen molar-refractivity contribution in [1.82, 2.24) is 19.6 Å². The van der Waals surface area contributed by atoms with Crippen molar-refractivity contribution in [3.8, 4) is 11.4 Å². The zero-order chi connectivity index (χ0) is 24.6. The summed E-state index contributed by atoms with van der Waals surface area (Å²) >= 11 is 0. The lowest BCUT2D eigenvalue weighted by Gasteiger charge is -2.27. The van der Waals surface area contributed by atoms with Gasteiger partial charge in [-0.25, -0.2) is 9.48 Å². The van der Waals surface area contributed by atoms with Crippen LogP contribution in [0.5, 0.6) is 5.75 Å². The predicted octanol–water partition coefficient (Wildman–Crippen LogP) is 4.11. The summed E-state index contributed by atoms with van der Waals surface area (Å²) in [5.74, 6) is 0.760. The van der Waals surface area contributed by atoms with Crippen LogP contribution < -0.4 is 10.1 Å². The molecule has 1 aliphatic rings. The third-order valence-electron chi connectivity index (χ3n) is 6.14. The number of hydrogen-bond donors (Lipinski definition) is 1. The average Bonchev–Trinajstić information content (AvgIpc) is 3.24. The number of methoxy groups -OCH3 is 2. The fraction of sp³-hybridized carbons (Fsp3) is 0.333. The molecule has 35 heavy (non-hydrogen) atoms. The molecule has 1 aliphatic heterocycles. The molecular formula is C27H33N5O3. The molecule has 0 unspecified atom stereocenters. The van der Waals surface area contributed by atoms with Crippen LogP contribution in [0, 0.1) is 0 Å². The lowest BCUT2D eigenvalue weighted by molar-refractivity contribution is 0.152. The molecule has 4 rings (SSSR count). The first-order valence-corrected chi connectivity index (χ1v) is 11.8. The van der Waals surface area contributed by atoms with Gasteiger partial charge >= 0.3 is 6.03 Å². The van der Waals surface area contributed by atoms with Gasteiger partial charge in [-0.15, -0.1) is 6.58 Å². The van der Waals surface area contributed by atoms with Gasteiger partial charge in [-0.3, -0.25) is 4.90 Å². The van der Waals surface area contributed by atoms with E-state index in [2.05, 4.69) is 16.8 Å². The molecular weight excluding hydrogens is 442 g/mol. The third kappa shape index (κ3) is 5.72. The molecule has 1 aromatic heterocycles. The van der Waals surface area contributed by atoms with E-state index >= 15 is 0 Å². The SMILES string of the molecule is C=CCN1CCc2c(c(CN(CCOC)C(=O)Nc3ccccc3)nn2-c2ccccc2OC)C1. The van der Waals surface area contributed by atoms with E-state index in [1.807, 2.05) is 65.4 Å². The second-order valence-corrected chi connectivity index (χ2v) is 8.44. The number of fused-ring (bicyclic) bond motifs is 1. The second kappa shape index (κ2) is 11.7. The zero-order valence-corrected chi connectivity index (χ0v) is 20.4. The highest BCUT2D eigenvalue weighted by molar-refractivity contribution is 5.89. The molecule has 0 bridgehead atoms. The van der Waals surface area contributed by atoms with Gasteiger partial charge in [0.15, 0.2) is 0 Å². The minimum absolute atomic E-state index is 0.187. The number of nitrogens with one attached hydrogen (secondary N) is 1. The van der Waals surface area contributed by atoms with Crippen molar-refractivity contribution in [1.29, 1.82) is 0 Å². The summed E-state index contributed by atoms with van der Waals surface area (Å²) in [6.45, 7) is 7.62. The predicted molar refractivity (Wildman–Crippen MR) is 137 cm³/mol. The molecule has 1 N–H and O–H groups in total. The maximum absolute atomic E-state index is 13.2. The number of ether oxygens (including phenoxy) is 2.